The molecule has 4 aromatic rings. The number of carboxylic acids is 1. The Morgan fingerprint density at radius 3 is 2.24 bits per heavy atom. The molecule has 6 nitrogen and oxygen atoms in total. The van der Waals surface area contributed by atoms with E-state index in [4.69, 9.17) is 10.4 Å². The molecule has 0 amide bonds. The summed E-state index contributed by atoms with van der Waals surface area (Å²) in [4.78, 5) is 22.9. The number of aromatic nitrogens is 3. The molecule has 4 rings (SSSR count). The van der Waals surface area contributed by atoms with Gasteiger partial charge in [-0.15, -0.1) is 29.8 Å². The first-order valence-corrected chi connectivity index (χ1v) is 8.38. The summed E-state index contributed by atoms with van der Waals surface area (Å²) in [7, 11) is 0. The van der Waals surface area contributed by atoms with Crippen molar-refractivity contribution in [2.24, 2.45) is 0 Å². The molecule has 0 radical (unpaired) electrons. The number of para-hydroxylation sites is 2. The van der Waals surface area contributed by atoms with Crippen LogP contribution in [-0.2, 0) is 21.1 Å². The van der Waals surface area contributed by atoms with Crippen molar-refractivity contribution in [2.45, 2.75) is 6.92 Å². The number of rotatable bonds is 2. The van der Waals surface area contributed by atoms with Crippen LogP contribution in [-0.4, -0.2) is 26.0 Å². The van der Waals surface area contributed by atoms with Gasteiger partial charge in [-0.1, -0.05) is 18.2 Å². The van der Waals surface area contributed by atoms with Gasteiger partial charge in [-0.25, -0.2) is 15.0 Å². The van der Waals surface area contributed by atoms with Gasteiger partial charge < -0.3 is 5.11 Å². The Morgan fingerprint density at radius 1 is 1.03 bits per heavy atom. The van der Waals surface area contributed by atoms with Crippen LogP contribution in [0, 0.1) is 24.3 Å². The van der Waals surface area contributed by atoms with Gasteiger partial charge in [-0.3, -0.25) is 9.97 Å². The second-order valence-corrected chi connectivity index (χ2v) is 5.77. The van der Waals surface area contributed by atoms with Crippen molar-refractivity contribution in [1.29, 1.82) is 5.26 Å². The number of nitriles is 1. The minimum atomic E-state index is -0.990. The average Bonchev–Trinajstić information content (AvgIpc) is 2.74. The molecule has 0 aliphatic heterocycles. The molecule has 0 bridgehead atoms. The molecule has 0 saturated heterocycles. The van der Waals surface area contributed by atoms with Gasteiger partial charge in [0, 0.05) is 44.7 Å². The van der Waals surface area contributed by atoms with Gasteiger partial charge in [0.05, 0.1) is 11.0 Å². The second-order valence-electron chi connectivity index (χ2n) is 5.77. The fraction of sp³-hybridized carbons (Fsp3) is 0.0455. The number of nitrogens with zero attached hydrogens (tertiary/aromatic N) is 4. The topological polar surface area (TPSA) is 99.8 Å². The maximum atomic E-state index is 10.1. The third-order valence-electron chi connectivity index (χ3n) is 3.83. The Bertz CT molecular complexity index is 1160. The van der Waals surface area contributed by atoms with Crippen molar-refractivity contribution in [3.8, 4) is 17.3 Å². The summed E-state index contributed by atoms with van der Waals surface area (Å²) in [6.07, 6.45) is 1.45. The van der Waals surface area contributed by atoms with Gasteiger partial charge in [0.25, 0.3) is 0 Å². The van der Waals surface area contributed by atoms with Crippen LogP contribution in [0.2, 0.25) is 0 Å². The van der Waals surface area contributed by atoms with Gasteiger partial charge in [-0.05, 0) is 36.8 Å². The first-order chi connectivity index (χ1) is 13.6. The molecule has 2 aromatic carbocycles. The number of hydrogen-bond acceptors (Lipinski definition) is 5. The molecule has 0 saturated carbocycles. The van der Waals surface area contributed by atoms with Crippen LogP contribution in [0.3, 0.4) is 0 Å². The minimum Gasteiger partial charge on any atom is -0.477 e. The van der Waals surface area contributed by atoms with E-state index in [1.54, 1.807) is 24.3 Å². The number of aromatic carboxylic acids is 1. The molecule has 29 heavy (non-hydrogen) atoms. The molecular formula is C22H15N4O2Pt-. The standard InChI is InChI=1S/C16H10N3.C6H5NO2.Pt/c1-11-16(13-8-6-12(10-17)7-9-13)19-15-5-3-2-4-14(15)18-11;8-6(9)5-3-1-2-4-7-5;/h2-8H,1H3;1-4H,(H,8,9);/q-1;;. The van der Waals surface area contributed by atoms with Crippen molar-refractivity contribution in [3.63, 3.8) is 0 Å². The number of benzene rings is 2. The quantitative estimate of drug-likeness (QED) is 0.370. The fourth-order valence-corrected chi connectivity index (χ4v) is 2.47. The number of aryl methyl sites for hydroxylation is 1. The maximum absolute atomic E-state index is 10.1. The summed E-state index contributed by atoms with van der Waals surface area (Å²) in [5.74, 6) is -0.990. The molecule has 2 heterocycles. The van der Waals surface area contributed by atoms with E-state index in [0.29, 0.717) is 5.56 Å². The predicted molar refractivity (Wildman–Crippen MR) is 104 cm³/mol. The first kappa shape index (κ1) is 21.9. The van der Waals surface area contributed by atoms with Gasteiger partial charge in [-0.2, -0.15) is 0 Å². The van der Waals surface area contributed by atoms with Crippen molar-refractivity contribution in [1.82, 2.24) is 15.0 Å². The minimum absolute atomic E-state index is 0. The van der Waals surface area contributed by atoms with Crippen molar-refractivity contribution < 1.29 is 31.0 Å². The molecule has 0 aliphatic rings. The van der Waals surface area contributed by atoms with E-state index in [9.17, 15) is 4.79 Å². The summed E-state index contributed by atoms with van der Waals surface area (Å²) >= 11 is 0. The zero-order valence-electron chi connectivity index (χ0n) is 15.3. The molecule has 0 spiro atoms. The van der Waals surface area contributed by atoms with Gasteiger partial charge in [0.1, 0.15) is 5.69 Å². The Kier molecular flexibility index (Phi) is 7.70. The molecule has 0 unspecified atom stereocenters. The Morgan fingerprint density at radius 2 is 1.72 bits per heavy atom. The maximum Gasteiger partial charge on any atom is 0.354 e. The molecule has 2 aromatic heterocycles. The zero-order chi connectivity index (χ0) is 19.9. The van der Waals surface area contributed by atoms with Crippen molar-refractivity contribution in [3.05, 3.63) is 89.9 Å². The number of carbonyl (C=O) groups is 1. The van der Waals surface area contributed by atoms with E-state index in [1.165, 1.54) is 12.3 Å². The number of carboxylic acid groups (broad SMARTS) is 1. The smallest absolute Gasteiger partial charge is 0.354 e. The Balaban J connectivity index is 0.000000255. The Hall–Kier alpha value is -3.42. The van der Waals surface area contributed by atoms with Crippen molar-refractivity contribution in [2.75, 3.05) is 0 Å². The van der Waals surface area contributed by atoms with Gasteiger partial charge in [0.2, 0.25) is 0 Å². The molecular weight excluding hydrogens is 547 g/mol. The van der Waals surface area contributed by atoms with Crippen LogP contribution in [0.15, 0.2) is 66.9 Å². The molecule has 0 fully saturated rings. The monoisotopic (exact) mass is 562 g/mol. The Labute approximate surface area is 182 Å². The third kappa shape index (κ3) is 5.53. The third-order valence-corrected chi connectivity index (χ3v) is 3.83. The zero-order valence-corrected chi connectivity index (χ0v) is 17.6. The van der Waals surface area contributed by atoms with E-state index in [0.717, 1.165) is 28.0 Å². The van der Waals surface area contributed by atoms with E-state index in [1.807, 2.05) is 37.3 Å². The molecule has 0 atom stereocenters. The number of pyridine rings is 1. The van der Waals surface area contributed by atoms with E-state index < -0.39 is 5.97 Å². The van der Waals surface area contributed by atoms with Gasteiger partial charge >= 0.3 is 5.97 Å². The summed E-state index contributed by atoms with van der Waals surface area (Å²) in [5.41, 5.74) is 4.95. The largest absolute Gasteiger partial charge is 0.477 e. The SMILES string of the molecule is Cc1nc2ccccc2nc1-c1[c-]cc(C#N)cc1.O=C(O)c1ccccn1.[Pt]. The normalized spacial score (nSPS) is 9.52. The first-order valence-electron chi connectivity index (χ1n) is 8.38. The number of fused-ring (bicyclic) bond motifs is 1. The van der Waals surface area contributed by atoms with Crippen molar-refractivity contribution >= 4 is 17.0 Å². The summed E-state index contributed by atoms with van der Waals surface area (Å²) in [6.45, 7) is 1.93. The summed E-state index contributed by atoms with van der Waals surface area (Å²) in [5, 5.41) is 17.1. The van der Waals surface area contributed by atoms with E-state index >= 15 is 0 Å². The molecule has 0 aliphatic carbocycles. The average molecular weight is 562 g/mol. The molecule has 1 N–H and O–H groups in total. The van der Waals surface area contributed by atoms with Crippen LogP contribution in [0.25, 0.3) is 22.3 Å². The second kappa shape index (κ2) is 10.2. The van der Waals surface area contributed by atoms with Crippen LogP contribution in [0.4, 0.5) is 0 Å². The predicted octanol–water partition coefficient (Wildman–Crippen LogP) is 4.05. The van der Waals surface area contributed by atoms with Crippen LogP contribution in [0.1, 0.15) is 21.7 Å². The number of hydrogen-bond donors (Lipinski definition) is 1. The van der Waals surface area contributed by atoms with Gasteiger partial charge in [0.15, 0.2) is 0 Å². The van der Waals surface area contributed by atoms with E-state index in [-0.39, 0.29) is 26.8 Å². The van der Waals surface area contributed by atoms with Crippen LogP contribution < -0.4 is 0 Å². The van der Waals surface area contributed by atoms with Crippen LogP contribution in [0.5, 0.6) is 0 Å². The molecule has 7 heteroatoms. The molecule has 146 valence electrons. The summed E-state index contributed by atoms with van der Waals surface area (Å²) in [6, 6.07) is 23.0. The fourth-order valence-electron chi connectivity index (χ4n) is 2.47. The van der Waals surface area contributed by atoms with Crippen LogP contribution >= 0.6 is 0 Å². The van der Waals surface area contributed by atoms with E-state index in [2.05, 4.69) is 27.1 Å². The summed E-state index contributed by atoms with van der Waals surface area (Å²) < 4.78 is 0.